The average molecular weight is 322 g/mol. The Hall–Kier alpha value is -2.96. The highest BCUT2D eigenvalue weighted by atomic mass is 16.1. The van der Waals surface area contributed by atoms with Crippen molar-refractivity contribution in [2.45, 2.75) is 19.4 Å². The Morgan fingerprint density at radius 2 is 2.00 bits per heavy atom. The molecule has 1 saturated heterocycles. The third kappa shape index (κ3) is 2.68. The number of fused-ring (bicyclic) bond motifs is 1. The van der Waals surface area contributed by atoms with Gasteiger partial charge in [0.15, 0.2) is 11.5 Å². The predicted octanol–water partition coefficient (Wildman–Crippen LogP) is 1.51. The van der Waals surface area contributed by atoms with Crippen molar-refractivity contribution < 1.29 is 4.79 Å². The molecule has 1 aromatic carbocycles. The Kier molecular flexibility index (Phi) is 3.60. The molecule has 24 heavy (non-hydrogen) atoms. The van der Waals surface area contributed by atoms with Crippen molar-refractivity contribution in [2.75, 3.05) is 18.0 Å². The molecule has 1 fully saturated rings. The molecule has 1 atom stereocenters. The van der Waals surface area contributed by atoms with Crippen LogP contribution in [-0.4, -0.2) is 44.8 Å². The second kappa shape index (κ2) is 5.92. The zero-order chi connectivity index (χ0) is 16.5. The van der Waals surface area contributed by atoms with Crippen molar-refractivity contribution in [1.82, 2.24) is 25.1 Å². The lowest BCUT2D eigenvalue weighted by molar-refractivity contribution is -0.119. The molecule has 0 radical (unpaired) electrons. The van der Waals surface area contributed by atoms with Crippen molar-refractivity contribution in [1.29, 1.82) is 0 Å². The van der Waals surface area contributed by atoms with E-state index in [-0.39, 0.29) is 11.9 Å². The quantitative estimate of drug-likeness (QED) is 0.791. The van der Waals surface area contributed by atoms with Crippen LogP contribution in [0.5, 0.6) is 0 Å². The predicted molar refractivity (Wildman–Crippen MR) is 90.7 cm³/mol. The van der Waals surface area contributed by atoms with Crippen LogP contribution in [0.25, 0.3) is 17.0 Å². The molecule has 1 aliphatic heterocycles. The molecule has 0 saturated carbocycles. The summed E-state index contributed by atoms with van der Waals surface area (Å²) in [5, 5.41) is 16.1. The lowest BCUT2D eigenvalue weighted by Gasteiger charge is -2.17. The van der Waals surface area contributed by atoms with Crippen LogP contribution in [0.1, 0.15) is 13.3 Å². The number of rotatable bonds is 3. The van der Waals surface area contributed by atoms with Gasteiger partial charge in [0, 0.05) is 31.6 Å². The van der Waals surface area contributed by atoms with Crippen molar-refractivity contribution in [3.05, 3.63) is 42.5 Å². The van der Waals surface area contributed by atoms with Crippen LogP contribution in [0, 0.1) is 0 Å². The highest BCUT2D eigenvalue weighted by Gasteiger charge is 2.24. The fourth-order valence-corrected chi connectivity index (χ4v) is 3.09. The lowest BCUT2D eigenvalue weighted by Crippen LogP contribution is -2.35. The Morgan fingerprint density at radius 1 is 1.17 bits per heavy atom. The summed E-state index contributed by atoms with van der Waals surface area (Å²) in [6.45, 7) is 3.18. The summed E-state index contributed by atoms with van der Waals surface area (Å²) >= 11 is 0. The minimum atomic E-state index is 0.00966. The largest absolute Gasteiger partial charge is 0.353 e. The normalized spacial score (nSPS) is 17.4. The molecule has 3 heterocycles. The van der Waals surface area contributed by atoms with E-state index in [1.165, 1.54) is 0 Å². The zero-order valence-corrected chi connectivity index (χ0v) is 13.4. The van der Waals surface area contributed by atoms with Gasteiger partial charge in [-0.25, -0.2) is 0 Å². The van der Waals surface area contributed by atoms with E-state index in [0.29, 0.717) is 0 Å². The zero-order valence-electron chi connectivity index (χ0n) is 13.4. The molecule has 122 valence electrons. The van der Waals surface area contributed by atoms with Gasteiger partial charge in [-0.05, 0) is 18.6 Å². The number of anilines is 1. The number of hydrogen-bond donors (Lipinski definition) is 1. The fourth-order valence-electron chi connectivity index (χ4n) is 3.09. The highest BCUT2D eigenvalue weighted by Crippen LogP contribution is 2.21. The van der Waals surface area contributed by atoms with Crippen LogP contribution in [0.2, 0.25) is 0 Å². The molecule has 4 rings (SSSR count). The third-order valence-electron chi connectivity index (χ3n) is 4.20. The third-order valence-corrected chi connectivity index (χ3v) is 4.20. The van der Waals surface area contributed by atoms with Gasteiger partial charge < -0.3 is 10.2 Å². The second-order valence-electron chi connectivity index (χ2n) is 5.98. The summed E-state index contributed by atoms with van der Waals surface area (Å²) in [6.07, 6.45) is 0.924. The van der Waals surface area contributed by atoms with Gasteiger partial charge in [-0.2, -0.15) is 4.52 Å². The molecule has 3 aromatic rings. The van der Waals surface area contributed by atoms with Crippen LogP contribution in [0.3, 0.4) is 0 Å². The molecule has 7 heteroatoms. The molecule has 2 aromatic heterocycles. The average Bonchev–Trinajstić information content (AvgIpc) is 3.21. The Balaban J connectivity index is 1.65. The van der Waals surface area contributed by atoms with Crippen LogP contribution in [-0.2, 0) is 4.79 Å². The molecule has 1 amide bonds. The molecular formula is C17H18N6O. The van der Waals surface area contributed by atoms with Gasteiger partial charge in [0.1, 0.15) is 5.82 Å². The minimum absolute atomic E-state index is 0.00966. The Labute approximate surface area is 139 Å². The van der Waals surface area contributed by atoms with Crippen LogP contribution >= 0.6 is 0 Å². The monoisotopic (exact) mass is 322 g/mol. The molecule has 1 N–H and O–H groups in total. The number of carbonyl (C=O) groups excluding carboxylic acids is 1. The molecular weight excluding hydrogens is 304 g/mol. The van der Waals surface area contributed by atoms with Gasteiger partial charge in [-0.15, -0.1) is 15.3 Å². The SMILES string of the molecule is CC(=O)NC1CCN(c2ccc3nnc(-c4ccccc4)n3n2)C1. The molecule has 0 spiro atoms. The van der Waals surface area contributed by atoms with Gasteiger partial charge >= 0.3 is 0 Å². The summed E-state index contributed by atoms with van der Waals surface area (Å²) in [7, 11) is 0. The van der Waals surface area contributed by atoms with Crippen molar-refractivity contribution in [3.8, 4) is 11.4 Å². The molecule has 0 aliphatic carbocycles. The maximum atomic E-state index is 11.2. The van der Waals surface area contributed by atoms with Crippen molar-refractivity contribution in [3.63, 3.8) is 0 Å². The number of nitrogens with one attached hydrogen (secondary N) is 1. The first-order valence-electron chi connectivity index (χ1n) is 8.00. The number of nitrogens with zero attached hydrogens (tertiary/aromatic N) is 5. The standard InChI is InChI=1S/C17H18N6O/c1-12(24)18-14-9-10-22(11-14)16-8-7-15-19-20-17(23(15)21-16)13-5-3-2-4-6-13/h2-8,14H,9-11H2,1H3,(H,18,24). The number of benzene rings is 1. The summed E-state index contributed by atoms with van der Waals surface area (Å²) in [5.41, 5.74) is 1.70. The van der Waals surface area contributed by atoms with Gasteiger partial charge in [0.25, 0.3) is 0 Å². The number of carbonyl (C=O) groups is 1. The first-order valence-corrected chi connectivity index (χ1v) is 8.00. The number of hydrogen-bond acceptors (Lipinski definition) is 5. The van der Waals surface area contributed by atoms with Crippen molar-refractivity contribution in [2.24, 2.45) is 0 Å². The molecule has 1 aliphatic rings. The van der Waals surface area contributed by atoms with E-state index in [2.05, 4.69) is 20.4 Å². The summed E-state index contributed by atoms with van der Waals surface area (Å²) in [6, 6.07) is 14.0. The first-order chi connectivity index (χ1) is 11.7. The van der Waals surface area contributed by atoms with Gasteiger partial charge in [-0.3, -0.25) is 4.79 Å². The van der Waals surface area contributed by atoms with Gasteiger partial charge in [-0.1, -0.05) is 30.3 Å². The molecule has 0 bridgehead atoms. The van der Waals surface area contributed by atoms with Gasteiger partial charge in [0.2, 0.25) is 5.91 Å². The van der Waals surface area contributed by atoms with E-state index in [0.717, 1.165) is 42.4 Å². The summed E-state index contributed by atoms with van der Waals surface area (Å²) < 4.78 is 1.77. The van der Waals surface area contributed by atoms with E-state index in [9.17, 15) is 4.79 Å². The smallest absolute Gasteiger partial charge is 0.217 e. The highest BCUT2D eigenvalue weighted by molar-refractivity contribution is 5.73. The first kappa shape index (κ1) is 14.6. The fraction of sp³-hybridized carbons (Fsp3) is 0.294. The maximum Gasteiger partial charge on any atom is 0.217 e. The van der Waals surface area contributed by atoms with Crippen LogP contribution < -0.4 is 10.2 Å². The maximum absolute atomic E-state index is 11.2. The second-order valence-corrected chi connectivity index (χ2v) is 5.98. The van der Waals surface area contributed by atoms with E-state index in [1.54, 1.807) is 11.4 Å². The van der Waals surface area contributed by atoms with E-state index < -0.39 is 0 Å². The van der Waals surface area contributed by atoms with Gasteiger partial charge in [0.05, 0.1) is 0 Å². The molecule has 7 nitrogen and oxygen atoms in total. The van der Waals surface area contributed by atoms with E-state index in [4.69, 9.17) is 5.10 Å². The van der Waals surface area contributed by atoms with E-state index in [1.807, 2.05) is 42.5 Å². The minimum Gasteiger partial charge on any atom is -0.353 e. The lowest BCUT2D eigenvalue weighted by atomic mass is 10.2. The number of amides is 1. The summed E-state index contributed by atoms with van der Waals surface area (Å²) in [4.78, 5) is 13.4. The number of aromatic nitrogens is 4. The van der Waals surface area contributed by atoms with Crippen LogP contribution in [0.4, 0.5) is 5.82 Å². The van der Waals surface area contributed by atoms with E-state index >= 15 is 0 Å². The Morgan fingerprint density at radius 3 is 2.79 bits per heavy atom. The molecule has 1 unspecified atom stereocenters. The van der Waals surface area contributed by atoms with Crippen LogP contribution in [0.15, 0.2) is 42.5 Å². The van der Waals surface area contributed by atoms with Crippen molar-refractivity contribution >= 4 is 17.4 Å². The summed E-state index contributed by atoms with van der Waals surface area (Å²) in [5.74, 6) is 1.60. The Bertz CT molecular complexity index is 875. The topological polar surface area (TPSA) is 75.4 Å².